The summed E-state index contributed by atoms with van der Waals surface area (Å²) in [5, 5.41) is 2.33. The number of amides is 2. The Morgan fingerprint density at radius 1 is 1.13 bits per heavy atom. The number of carbonyl (C=O) groups is 3. The number of aldehydes is 1. The van der Waals surface area contributed by atoms with Gasteiger partial charge in [-0.25, -0.2) is 4.79 Å². The monoisotopic (exact) mass is 428 g/mol. The molecule has 2 saturated heterocycles. The lowest BCUT2D eigenvalue weighted by molar-refractivity contribution is -0.135. The number of nitrogens with zero attached hydrogens (tertiary/aromatic N) is 3. The number of carbonyl (C=O) groups excluding carboxylic acids is 3. The average molecular weight is 428 g/mol. The standard InChI is InChI=1S/C22H28N4O5/c1-24-19-13-15(14-25-9-7-16(8-10-25)31-12-2-11-27)3-4-17(19)26(22(24)30)18-5-6-20(28)23-21(18)29/h3-4,11,13,16,18H,2,5-10,12,14H2,1H3,(H,23,28,29). The smallest absolute Gasteiger partial charge is 0.329 e. The Hall–Kier alpha value is -2.78. The van der Waals surface area contributed by atoms with Gasteiger partial charge in [-0.15, -0.1) is 0 Å². The minimum Gasteiger partial charge on any atom is -0.378 e. The Kier molecular flexibility index (Phi) is 6.33. The molecule has 1 N–H and O–H groups in total. The molecule has 0 aliphatic carbocycles. The molecule has 2 aliphatic heterocycles. The van der Waals surface area contributed by atoms with Crippen LogP contribution in [0.2, 0.25) is 0 Å². The number of fused-ring (bicyclic) bond motifs is 1. The minimum absolute atomic E-state index is 0.210. The van der Waals surface area contributed by atoms with Crippen molar-refractivity contribution in [3.63, 3.8) is 0 Å². The van der Waals surface area contributed by atoms with Crippen LogP contribution in [0.15, 0.2) is 23.0 Å². The predicted molar refractivity (Wildman–Crippen MR) is 114 cm³/mol. The second-order valence-electron chi connectivity index (χ2n) is 8.30. The Morgan fingerprint density at radius 3 is 2.61 bits per heavy atom. The molecule has 1 unspecified atom stereocenters. The van der Waals surface area contributed by atoms with Crippen LogP contribution in [-0.4, -0.2) is 57.9 Å². The largest absolute Gasteiger partial charge is 0.378 e. The minimum atomic E-state index is -0.669. The number of ether oxygens (including phenoxy) is 1. The zero-order valence-electron chi connectivity index (χ0n) is 17.7. The lowest BCUT2D eigenvalue weighted by Gasteiger charge is -2.31. The zero-order valence-corrected chi connectivity index (χ0v) is 17.7. The summed E-state index contributed by atoms with van der Waals surface area (Å²) in [6, 6.07) is 5.23. The van der Waals surface area contributed by atoms with E-state index in [1.54, 1.807) is 11.6 Å². The molecule has 2 aliphatic rings. The number of nitrogens with one attached hydrogen (secondary N) is 1. The Balaban J connectivity index is 1.48. The predicted octanol–water partition coefficient (Wildman–Crippen LogP) is 0.888. The van der Waals surface area contributed by atoms with Gasteiger partial charge in [-0.3, -0.25) is 28.9 Å². The molecule has 4 rings (SSSR count). The highest BCUT2D eigenvalue weighted by Crippen LogP contribution is 2.24. The van der Waals surface area contributed by atoms with Crippen molar-refractivity contribution < 1.29 is 19.1 Å². The first-order valence-electron chi connectivity index (χ1n) is 10.8. The van der Waals surface area contributed by atoms with E-state index in [1.165, 1.54) is 4.57 Å². The summed E-state index contributed by atoms with van der Waals surface area (Å²) in [5.74, 6) is -0.720. The number of hydrogen-bond donors (Lipinski definition) is 1. The van der Waals surface area contributed by atoms with E-state index >= 15 is 0 Å². The maximum atomic E-state index is 12.9. The van der Waals surface area contributed by atoms with Crippen molar-refractivity contribution in [2.24, 2.45) is 7.05 Å². The third-order valence-electron chi connectivity index (χ3n) is 6.21. The average Bonchev–Trinajstić information content (AvgIpc) is 3.00. The normalized spacial score (nSPS) is 20.9. The van der Waals surface area contributed by atoms with E-state index in [2.05, 4.69) is 10.2 Å². The zero-order chi connectivity index (χ0) is 22.0. The van der Waals surface area contributed by atoms with Crippen LogP contribution in [0.3, 0.4) is 0 Å². The van der Waals surface area contributed by atoms with Crippen LogP contribution in [0, 0.1) is 0 Å². The van der Waals surface area contributed by atoms with E-state index in [1.807, 2.05) is 18.2 Å². The molecule has 1 aromatic heterocycles. The molecule has 0 bridgehead atoms. The third-order valence-corrected chi connectivity index (χ3v) is 6.21. The van der Waals surface area contributed by atoms with Crippen LogP contribution in [-0.2, 0) is 32.7 Å². The van der Waals surface area contributed by atoms with Gasteiger partial charge in [0.2, 0.25) is 11.8 Å². The van der Waals surface area contributed by atoms with Crippen molar-refractivity contribution >= 4 is 29.1 Å². The van der Waals surface area contributed by atoms with E-state index in [9.17, 15) is 19.2 Å². The maximum absolute atomic E-state index is 12.9. The molecule has 9 nitrogen and oxygen atoms in total. The molecule has 31 heavy (non-hydrogen) atoms. The molecular weight excluding hydrogens is 400 g/mol. The Bertz CT molecular complexity index is 1050. The number of imide groups is 1. The third kappa shape index (κ3) is 4.47. The highest BCUT2D eigenvalue weighted by atomic mass is 16.5. The van der Waals surface area contributed by atoms with Crippen LogP contribution in [0.5, 0.6) is 0 Å². The van der Waals surface area contributed by atoms with E-state index in [-0.39, 0.29) is 24.1 Å². The molecule has 166 valence electrons. The summed E-state index contributed by atoms with van der Waals surface area (Å²) in [4.78, 5) is 49.4. The van der Waals surface area contributed by atoms with Gasteiger partial charge >= 0.3 is 5.69 Å². The quantitative estimate of drug-likeness (QED) is 0.399. The van der Waals surface area contributed by atoms with Crippen LogP contribution >= 0.6 is 0 Å². The highest BCUT2D eigenvalue weighted by Gasteiger charge is 2.31. The lowest BCUT2D eigenvalue weighted by Crippen LogP contribution is -2.44. The molecule has 3 heterocycles. The van der Waals surface area contributed by atoms with Gasteiger partial charge in [0.25, 0.3) is 0 Å². The number of aromatic nitrogens is 2. The number of aryl methyl sites for hydroxylation is 1. The topological polar surface area (TPSA) is 103 Å². The molecule has 1 aromatic carbocycles. The number of piperidine rings is 2. The van der Waals surface area contributed by atoms with Crippen molar-refractivity contribution in [3.8, 4) is 0 Å². The number of imidazole rings is 1. The van der Waals surface area contributed by atoms with E-state index in [4.69, 9.17) is 4.74 Å². The van der Waals surface area contributed by atoms with Gasteiger partial charge in [0.1, 0.15) is 12.3 Å². The molecule has 0 radical (unpaired) electrons. The van der Waals surface area contributed by atoms with Crippen LogP contribution in [0.4, 0.5) is 0 Å². The van der Waals surface area contributed by atoms with E-state index in [0.717, 1.165) is 49.8 Å². The van der Waals surface area contributed by atoms with E-state index < -0.39 is 11.9 Å². The summed E-state index contributed by atoms with van der Waals surface area (Å²) in [6.45, 7) is 3.10. The van der Waals surface area contributed by atoms with Gasteiger partial charge in [-0.2, -0.15) is 0 Å². The molecule has 2 aromatic rings. The fourth-order valence-corrected chi connectivity index (χ4v) is 4.51. The number of likely N-dealkylation sites (tertiary alicyclic amines) is 1. The summed E-state index contributed by atoms with van der Waals surface area (Å²) < 4.78 is 8.80. The van der Waals surface area contributed by atoms with Gasteiger partial charge in [0, 0.05) is 39.5 Å². The lowest BCUT2D eigenvalue weighted by atomic mass is 10.1. The summed E-state index contributed by atoms with van der Waals surface area (Å²) in [7, 11) is 1.71. The fraction of sp³-hybridized carbons (Fsp3) is 0.545. The molecular formula is C22H28N4O5. The maximum Gasteiger partial charge on any atom is 0.329 e. The number of benzene rings is 1. The van der Waals surface area contributed by atoms with Crippen molar-refractivity contribution in [3.05, 3.63) is 34.2 Å². The SMILES string of the molecule is Cn1c(=O)n(C2CCC(=O)NC2=O)c2ccc(CN3CCC(OCCC=O)CC3)cc21. The molecule has 2 fully saturated rings. The summed E-state index contributed by atoms with van der Waals surface area (Å²) >= 11 is 0. The summed E-state index contributed by atoms with van der Waals surface area (Å²) in [6.07, 6.45) is 3.96. The number of rotatable bonds is 7. The fourth-order valence-electron chi connectivity index (χ4n) is 4.51. The van der Waals surface area contributed by atoms with Gasteiger partial charge in [-0.1, -0.05) is 6.07 Å². The number of hydrogen-bond acceptors (Lipinski definition) is 6. The van der Waals surface area contributed by atoms with Crippen molar-refractivity contribution in [2.75, 3.05) is 19.7 Å². The molecule has 0 saturated carbocycles. The van der Waals surface area contributed by atoms with Crippen LogP contribution in [0.1, 0.15) is 43.7 Å². The van der Waals surface area contributed by atoms with Crippen LogP contribution < -0.4 is 11.0 Å². The molecule has 0 spiro atoms. The first kappa shape index (κ1) is 21.5. The first-order chi connectivity index (χ1) is 15.0. The van der Waals surface area contributed by atoms with Gasteiger partial charge in [0.15, 0.2) is 0 Å². The second kappa shape index (κ2) is 9.15. The highest BCUT2D eigenvalue weighted by molar-refractivity contribution is 6.00. The second-order valence-corrected chi connectivity index (χ2v) is 8.30. The Morgan fingerprint density at radius 2 is 1.90 bits per heavy atom. The van der Waals surface area contributed by atoms with Crippen molar-refractivity contribution in [2.45, 2.75) is 50.8 Å². The van der Waals surface area contributed by atoms with Gasteiger partial charge in [-0.05, 0) is 37.0 Å². The molecule has 1 atom stereocenters. The van der Waals surface area contributed by atoms with Crippen LogP contribution in [0.25, 0.3) is 11.0 Å². The molecule has 9 heteroatoms. The van der Waals surface area contributed by atoms with Crippen molar-refractivity contribution in [1.82, 2.24) is 19.4 Å². The van der Waals surface area contributed by atoms with Gasteiger partial charge in [0.05, 0.1) is 23.7 Å². The Labute approximate surface area is 179 Å². The van der Waals surface area contributed by atoms with E-state index in [0.29, 0.717) is 25.0 Å². The summed E-state index contributed by atoms with van der Waals surface area (Å²) in [5.41, 5.74) is 2.33. The van der Waals surface area contributed by atoms with Crippen molar-refractivity contribution in [1.29, 1.82) is 0 Å². The molecule has 2 amide bonds. The first-order valence-corrected chi connectivity index (χ1v) is 10.8. The van der Waals surface area contributed by atoms with Gasteiger partial charge < -0.3 is 9.53 Å².